The lowest BCUT2D eigenvalue weighted by atomic mass is 10.1. The van der Waals surface area contributed by atoms with Crippen LogP contribution in [0.15, 0.2) is 18.3 Å². The monoisotopic (exact) mass is 188 g/mol. The highest BCUT2D eigenvalue weighted by Crippen LogP contribution is 2.16. The summed E-state index contributed by atoms with van der Waals surface area (Å²) in [5, 5.41) is 0.753. The van der Waals surface area contributed by atoms with E-state index in [0.29, 0.717) is 23.2 Å². The zero-order valence-electron chi connectivity index (χ0n) is 7.57. The van der Waals surface area contributed by atoms with Gasteiger partial charge in [-0.25, -0.2) is 4.98 Å². The molecular formula is C10H8N2O2. The number of carbonyl (C=O) groups is 2. The van der Waals surface area contributed by atoms with E-state index < -0.39 is 0 Å². The maximum atomic E-state index is 11.2. The summed E-state index contributed by atoms with van der Waals surface area (Å²) in [6.07, 6.45) is 2.28. The Bertz CT molecular complexity index is 514. The first-order chi connectivity index (χ1) is 6.72. The van der Waals surface area contributed by atoms with E-state index in [4.69, 9.17) is 0 Å². The third kappa shape index (κ3) is 1.21. The predicted octanol–water partition coefficient (Wildman–Crippen LogP) is 1.58. The Morgan fingerprint density at radius 1 is 1.50 bits per heavy atom. The van der Waals surface area contributed by atoms with Crippen LogP contribution in [0.5, 0.6) is 0 Å². The molecule has 0 aromatic carbocycles. The van der Waals surface area contributed by atoms with Gasteiger partial charge in [-0.1, -0.05) is 0 Å². The summed E-state index contributed by atoms with van der Waals surface area (Å²) in [4.78, 5) is 28.5. The van der Waals surface area contributed by atoms with Crippen molar-refractivity contribution >= 4 is 23.1 Å². The van der Waals surface area contributed by atoms with Crippen LogP contribution in [0.2, 0.25) is 0 Å². The summed E-state index contributed by atoms with van der Waals surface area (Å²) < 4.78 is 0. The predicted molar refractivity (Wildman–Crippen MR) is 51.5 cm³/mol. The fourth-order valence-corrected chi connectivity index (χ4v) is 1.38. The van der Waals surface area contributed by atoms with Crippen molar-refractivity contribution in [3.05, 3.63) is 29.6 Å². The summed E-state index contributed by atoms with van der Waals surface area (Å²) >= 11 is 0. The number of hydrogen-bond acceptors (Lipinski definition) is 3. The second-order valence-electron chi connectivity index (χ2n) is 3.01. The van der Waals surface area contributed by atoms with Crippen LogP contribution in [-0.2, 0) is 0 Å². The Balaban J connectivity index is 2.71. The lowest BCUT2D eigenvalue weighted by Crippen LogP contribution is -1.90. The smallest absolute Gasteiger partial charge is 0.168 e. The van der Waals surface area contributed by atoms with E-state index in [-0.39, 0.29) is 5.78 Å². The number of nitrogens with one attached hydrogen (secondary N) is 1. The van der Waals surface area contributed by atoms with Crippen molar-refractivity contribution < 1.29 is 9.59 Å². The average molecular weight is 188 g/mol. The number of aldehydes is 1. The van der Waals surface area contributed by atoms with Crippen LogP contribution in [0, 0.1) is 0 Å². The molecule has 0 fully saturated rings. The van der Waals surface area contributed by atoms with E-state index in [2.05, 4.69) is 9.97 Å². The standard InChI is InChI=1S/C10H8N2O2/c1-6(14)9-4-11-10-8(9)3-2-7(5-13)12-10/h2-5H,1H3,(H,11,12). The molecule has 0 amide bonds. The second-order valence-corrected chi connectivity index (χ2v) is 3.01. The van der Waals surface area contributed by atoms with Gasteiger partial charge < -0.3 is 4.98 Å². The number of nitrogens with zero attached hydrogens (tertiary/aromatic N) is 1. The van der Waals surface area contributed by atoms with Crippen molar-refractivity contribution in [3.8, 4) is 0 Å². The molecule has 0 saturated carbocycles. The van der Waals surface area contributed by atoms with Crippen molar-refractivity contribution in [1.82, 2.24) is 9.97 Å². The summed E-state index contributed by atoms with van der Waals surface area (Å²) in [6.45, 7) is 1.50. The molecule has 4 heteroatoms. The minimum atomic E-state index is -0.0168. The maximum Gasteiger partial charge on any atom is 0.168 e. The van der Waals surface area contributed by atoms with E-state index in [1.807, 2.05) is 0 Å². The van der Waals surface area contributed by atoms with Gasteiger partial charge in [0.05, 0.1) is 0 Å². The number of rotatable bonds is 2. The topological polar surface area (TPSA) is 62.8 Å². The van der Waals surface area contributed by atoms with Crippen molar-refractivity contribution in [3.63, 3.8) is 0 Å². The lowest BCUT2D eigenvalue weighted by molar-refractivity contribution is 0.101. The Labute approximate surface area is 80.0 Å². The highest BCUT2D eigenvalue weighted by molar-refractivity contribution is 6.06. The minimum absolute atomic E-state index is 0.0168. The molecule has 0 unspecified atom stereocenters. The Morgan fingerprint density at radius 2 is 2.29 bits per heavy atom. The molecule has 2 aromatic heterocycles. The van der Waals surface area contributed by atoms with Gasteiger partial charge in [0.15, 0.2) is 12.1 Å². The SMILES string of the molecule is CC(=O)c1c[nH]c2nc(C=O)ccc12. The fraction of sp³-hybridized carbons (Fsp3) is 0.100. The molecule has 0 aliphatic carbocycles. The third-order valence-corrected chi connectivity index (χ3v) is 2.06. The van der Waals surface area contributed by atoms with Crippen LogP contribution in [0.3, 0.4) is 0 Å². The van der Waals surface area contributed by atoms with Crippen LogP contribution >= 0.6 is 0 Å². The number of ketones is 1. The molecule has 0 saturated heterocycles. The summed E-state index contributed by atoms with van der Waals surface area (Å²) in [7, 11) is 0. The van der Waals surface area contributed by atoms with Crippen molar-refractivity contribution in [2.75, 3.05) is 0 Å². The quantitative estimate of drug-likeness (QED) is 0.574. The molecule has 0 aliphatic rings. The van der Waals surface area contributed by atoms with Crippen LogP contribution in [-0.4, -0.2) is 22.0 Å². The van der Waals surface area contributed by atoms with Gasteiger partial charge in [-0.15, -0.1) is 0 Å². The number of H-pyrrole nitrogens is 1. The van der Waals surface area contributed by atoms with Gasteiger partial charge in [-0.3, -0.25) is 9.59 Å². The molecule has 0 bridgehead atoms. The molecule has 2 rings (SSSR count). The molecule has 70 valence electrons. The molecule has 0 aliphatic heterocycles. The molecule has 4 nitrogen and oxygen atoms in total. The third-order valence-electron chi connectivity index (χ3n) is 2.06. The van der Waals surface area contributed by atoms with E-state index in [9.17, 15) is 9.59 Å². The zero-order valence-corrected chi connectivity index (χ0v) is 7.57. The Hall–Kier alpha value is -1.97. The second kappa shape index (κ2) is 3.06. The van der Waals surface area contributed by atoms with E-state index in [1.165, 1.54) is 6.92 Å². The van der Waals surface area contributed by atoms with Gasteiger partial charge in [0, 0.05) is 17.1 Å². The maximum absolute atomic E-state index is 11.2. The van der Waals surface area contributed by atoms with Crippen molar-refractivity contribution in [2.24, 2.45) is 0 Å². The molecule has 1 N–H and O–H groups in total. The minimum Gasteiger partial charge on any atom is -0.345 e. The lowest BCUT2D eigenvalue weighted by Gasteiger charge is -1.92. The Kier molecular flexibility index (Phi) is 1.89. The Morgan fingerprint density at radius 3 is 2.93 bits per heavy atom. The van der Waals surface area contributed by atoms with Crippen LogP contribution in [0.25, 0.3) is 11.0 Å². The highest BCUT2D eigenvalue weighted by Gasteiger charge is 2.08. The van der Waals surface area contributed by atoms with Crippen LogP contribution in [0.4, 0.5) is 0 Å². The number of fused-ring (bicyclic) bond motifs is 1. The molecule has 0 atom stereocenters. The number of carbonyl (C=O) groups excluding carboxylic acids is 2. The number of pyridine rings is 1. The zero-order chi connectivity index (χ0) is 10.1. The van der Waals surface area contributed by atoms with Crippen molar-refractivity contribution in [2.45, 2.75) is 6.92 Å². The van der Waals surface area contributed by atoms with Crippen LogP contribution in [0.1, 0.15) is 27.8 Å². The van der Waals surface area contributed by atoms with E-state index >= 15 is 0 Å². The fourth-order valence-electron chi connectivity index (χ4n) is 1.38. The van der Waals surface area contributed by atoms with Gasteiger partial charge in [-0.2, -0.15) is 0 Å². The van der Waals surface area contributed by atoms with Gasteiger partial charge in [0.25, 0.3) is 0 Å². The summed E-state index contributed by atoms with van der Waals surface area (Å²) in [6, 6.07) is 3.31. The van der Waals surface area contributed by atoms with E-state index in [1.54, 1.807) is 18.3 Å². The van der Waals surface area contributed by atoms with Gasteiger partial charge in [0.1, 0.15) is 11.3 Å². The van der Waals surface area contributed by atoms with Gasteiger partial charge in [0.2, 0.25) is 0 Å². The first-order valence-electron chi connectivity index (χ1n) is 4.16. The molecule has 0 radical (unpaired) electrons. The average Bonchev–Trinajstić information content (AvgIpc) is 2.59. The first-order valence-corrected chi connectivity index (χ1v) is 4.16. The summed E-state index contributed by atoms with van der Waals surface area (Å²) in [5.41, 5.74) is 1.53. The normalized spacial score (nSPS) is 10.4. The molecule has 2 aromatic rings. The molecule has 14 heavy (non-hydrogen) atoms. The van der Waals surface area contributed by atoms with Gasteiger partial charge >= 0.3 is 0 Å². The number of aromatic nitrogens is 2. The summed E-state index contributed by atoms with van der Waals surface area (Å²) in [5.74, 6) is -0.0168. The van der Waals surface area contributed by atoms with Crippen LogP contribution < -0.4 is 0 Å². The molecule has 0 spiro atoms. The number of hydrogen-bond donors (Lipinski definition) is 1. The van der Waals surface area contributed by atoms with E-state index in [0.717, 1.165) is 5.39 Å². The highest BCUT2D eigenvalue weighted by atomic mass is 16.1. The molecular weight excluding hydrogens is 180 g/mol. The number of Topliss-reactive ketones (excluding diaryl/α,β-unsaturated/α-hetero) is 1. The van der Waals surface area contributed by atoms with Crippen molar-refractivity contribution in [1.29, 1.82) is 0 Å². The molecule has 2 heterocycles. The first kappa shape index (κ1) is 8.62. The largest absolute Gasteiger partial charge is 0.345 e. The number of aromatic amines is 1. The van der Waals surface area contributed by atoms with Gasteiger partial charge in [-0.05, 0) is 19.1 Å².